The highest BCUT2D eigenvalue weighted by atomic mass is 16.6. The van der Waals surface area contributed by atoms with E-state index in [4.69, 9.17) is 14.2 Å². The van der Waals surface area contributed by atoms with Gasteiger partial charge in [0.15, 0.2) is 0 Å². The van der Waals surface area contributed by atoms with Gasteiger partial charge in [-0.15, -0.1) is 0 Å². The first-order chi connectivity index (χ1) is 24.6. The Balaban J connectivity index is 2.02. The van der Waals surface area contributed by atoms with Crippen molar-refractivity contribution in [3.05, 3.63) is 22.8 Å². The molecule has 0 radical (unpaired) electrons. The van der Waals surface area contributed by atoms with Crippen molar-refractivity contribution in [1.29, 1.82) is 0 Å². The summed E-state index contributed by atoms with van der Waals surface area (Å²) in [6.45, 7) is 16.2. The van der Waals surface area contributed by atoms with Crippen LogP contribution in [0.1, 0.15) is 139 Å². The summed E-state index contributed by atoms with van der Waals surface area (Å²) < 4.78 is 18.0. The van der Waals surface area contributed by atoms with Gasteiger partial charge in [0.1, 0.15) is 29.1 Å². The molecule has 2 heterocycles. The Morgan fingerprint density at radius 3 is 2.21 bits per heavy atom. The molecule has 4 aliphatic rings. The Morgan fingerprint density at radius 1 is 0.906 bits per heavy atom. The Bertz CT molecular complexity index is 1470. The van der Waals surface area contributed by atoms with Crippen molar-refractivity contribution < 1.29 is 48.4 Å². The monoisotopic (exact) mass is 742 g/mol. The Morgan fingerprint density at radius 2 is 1.58 bits per heavy atom. The van der Waals surface area contributed by atoms with Gasteiger partial charge in [-0.2, -0.15) is 0 Å². The molecule has 53 heavy (non-hydrogen) atoms. The number of hydrogen-bond donors (Lipinski definition) is 2. The molecular weight excluding hydrogens is 676 g/mol. The molecule has 1 saturated heterocycles. The van der Waals surface area contributed by atoms with E-state index in [1.54, 1.807) is 13.8 Å². The third kappa shape index (κ3) is 9.24. The lowest BCUT2D eigenvalue weighted by Gasteiger charge is -2.51. The second-order valence-electron chi connectivity index (χ2n) is 17.9. The highest BCUT2D eigenvalue weighted by Gasteiger charge is 2.60. The zero-order valence-electron chi connectivity index (χ0n) is 33.9. The maximum Gasteiger partial charge on any atom is 0.313 e. The summed E-state index contributed by atoms with van der Waals surface area (Å²) in [5.41, 5.74) is -2.12. The maximum atomic E-state index is 14.8. The minimum Gasteiger partial charge on any atom is -0.469 e. The van der Waals surface area contributed by atoms with E-state index < -0.39 is 64.6 Å². The van der Waals surface area contributed by atoms with E-state index >= 15 is 0 Å². The molecule has 2 fully saturated rings. The first-order valence-electron chi connectivity index (χ1n) is 19.9. The minimum absolute atomic E-state index is 0.00267. The molecule has 10 nitrogen and oxygen atoms in total. The second-order valence-corrected chi connectivity index (χ2v) is 17.9. The zero-order valence-corrected chi connectivity index (χ0v) is 33.9. The molecule has 0 unspecified atom stereocenters. The van der Waals surface area contributed by atoms with E-state index in [2.05, 4.69) is 0 Å². The topological polar surface area (TPSA) is 154 Å². The highest BCUT2D eigenvalue weighted by molar-refractivity contribution is 5.97. The van der Waals surface area contributed by atoms with Gasteiger partial charge in [-0.05, 0) is 78.1 Å². The van der Waals surface area contributed by atoms with Crippen LogP contribution in [0.3, 0.4) is 0 Å². The summed E-state index contributed by atoms with van der Waals surface area (Å²) in [7, 11) is 1.28. The number of carbonyl (C=O) groups is 5. The Hall–Kier alpha value is -2.69. The molecule has 0 amide bonds. The van der Waals surface area contributed by atoms with Gasteiger partial charge >= 0.3 is 11.9 Å². The fraction of sp³-hybridized carbons (Fsp3) is 0.791. The number of methoxy groups -OCH3 is 1. The van der Waals surface area contributed by atoms with Crippen LogP contribution in [-0.2, 0) is 38.2 Å². The van der Waals surface area contributed by atoms with Gasteiger partial charge in [0.25, 0.3) is 0 Å². The molecule has 298 valence electrons. The lowest BCUT2D eigenvalue weighted by molar-refractivity contribution is -0.239. The van der Waals surface area contributed by atoms with E-state index in [1.807, 2.05) is 47.6 Å². The van der Waals surface area contributed by atoms with E-state index in [1.165, 1.54) is 14.0 Å². The van der Waals surface area contributed by atoms with Crippen LogP contribution < -0.4 is 0 Å². The predicted octanol–water partition coefficient (Wildman–Crippen LogP) is 6.82. The molecule has 0 aromatic carbocycles. The number of allylic oxidation sites excluding steroid dienone is 3. The lowest BCUT2D eigenvalue weighted by atomic mass is 9.53. The van der Waals surface area contributed by atoms with Gasteiger partial charge in [-0.25, -0.2) is 0 Å². The van der Waals surface area contributed by atoms with Crippen LogP contribution >= 0.6 is 0 Å². The number of carbonyl (C=O) groups excluding carboxylic acids is 5. The Labute approximate surface area is 316 Å². The lowest BCUT2D eigenvalue weighted by Crippen LogP contribution is -2.60. The number of ketones is 3. The number of ether oxygens (including phenoxy) is 3. The summed E-state index contributed by atoms with van der Waals surface area (Å²) >= 11 is 0. The smallest absolute Gasteiger partial charge is 0.313 e. The van der Waals surface area contributed by atoms with Gasteiger partial charge in [0.05, 0.1) is 30.3 Å². The molecule has 0 aromatic rings. The summed E-state index contributed by atoms with van der Waals surface area (Å²) in [6, 6.07) is 0. The van der Waals surface area contributed by atoms with E-state index in [0.717, 1.165) is 24.0 Å². The zero-order chi connectivity index (χ0) is 39.6. The van der Waals surface area contributed by atoms with Gasteiger partial charge in [0, 0.05) is 56.3 Å². The molecule has 2 aliphatic carbocycles. The minimum atomic E-state index is -1.70. The van der Waals surface area contributed by atoms with Gasteiger partial charge < -0.3 is 24.4 Å². The van der Waals surface area contributed by atoms with Crippen LogP contribution in [0, 0.1) is 40.9 Å². The van der Waals surface area contributed by atoms with Crippen molar-refractivity contribution in [1.82, 2.24) is 0 Å². The van der Waals surface area contributed by atoms with Crippen LogP contribution in [0.2, 0.25) is 0 Å². The molecule has 4 rings (SSSR count). The summed E-state index contributed by atoms with van der Waals surface area (Å²) in [5, 5.41) is 23.7. The van der Waals surface area contributed by atoms with Gasteiger partial charge in [-0.1, -0.05) is 63.3 Å². The first kappa shape index (κ1) is 43.0. The van der Waals surface area contributed by atoms with E-state index in [0.29, 0.717) is 37.7 Å². The average molecular weight is 743 g/mol. The molecule has 2 aliphatic heterocycles. The van der Waals surface area contributed by atoms with Crippen molar-refractivity contribution in [2.75, 3.05) is 7.11 Å². The number of hydrogen-bond acceptors (Lipinski definition) is 10. The molecule has 10 heteroatoms. The van der Waals surface area contributed by atoms with Crippen LogP contribution in [0.4, 0.5) is 0 Å². The van der Waals surface area contributed by atoms with Gasteiger partial charge in [0.2, 0.25) is 0 Å². The van der Waals surface area contributed by atoms with Crippen molar-refractivity contribution in [2.24, 2.45) is 40.9 Å². The normalized spacial score (nSPS) is 40.8. The van der Waals surface area contributed by atoms with E-state index in [-0.39, 0.29) is 67.2 Å². The molecule has 0 spiro atoms. The van der Waals surface area contributed by atoms with Crippen molar-refractivity contribution in [3.8, 4) is 0 Å². The molecule has 0 aromatic heterocycles. The van der Waals surface area contributed by atoms with Crippen molar-refractivity contribution in [2.45, 2.75) is 169 Å². The third-order valence-electron chi connectivity index (χ3n) is 13.3. The first-order valence-corrected chi connectivity index (χ1v) is 19.9. The van der Waals surface area contributed by atoms with Crippen LogP contribution in [0.5, 0.6) is 0 Å². The number of fused-ring (bicyclic) bond motifs is 5. The molecule has 2 N–H and O–H groups in total. The maximum absolute atomic E-state index is 14.8. The SMILES string of the molecule is COC(=O)[C@]12CC(=O)[C@H](C(C)C)CC(=O)[C@H](C)CCC[C@H](C)CC(=O)[C@H]1CC(C)=C1C[C@H](OC(C)=O)[C@](C)(O)[C@H]3CC[C@@](C)(O)[C@H](CC/C(C)=C\[C@H]12)O3. The van der Waals surface area contributed by atoms with Crippen LogP contribution in [-0.4, -0.2) is 76.1 Å². The fourth-order valence-electron chi connectivity index (χ4n) is 9.72. The van der Waals surface area contributed by atoms with Crippen molar-refractivity contribution >= 4 is 29.3 Å². The molecule has 11 atom stereocenters. The number of aliphatic hydroxyl groups is 2. The highest BCUT2D eigenvalue weighted by Crippen LogP contribution is 2.56. The summed E-state index contributed by atoms with van der Waals surface area (Å²) in [6.07, 6.45) is 3.43. The van der Waals surface area contributed by atoms with Crippen LogP contribution in [0.15, 0.2) is 22.8 Å². The molecule has 2 bridgehead atoms. The van der Waals surface area contributed by atoms with E-state index in [9.17, 15) is 34.2 Å². The second kappa shape index (κ2) is 17.0. The molecule has 1 saturated carbocycles. The average Bonchev–Trinajstić information content (AvgIpc) is 3.06. The number of Topliss-reactive ketones (excluding diaryl/α,β-unsaturated/α-hetero) is 3. The third-order valence-corrected chi connectivity index (χ3v) is 13.3. The number of esters is 2. The predicted molar refractivity (Wildman–Crippen MR) is 200 cm³/mol. The summed E-state index contributed by atoms with van der Waals surface area (Å²) in [4.78, 5) is 70.5. The number of rotatable bonds is 3. The standard InChI is InChI=1S/C43H66O10/c1-24(2)30-21-34(45)27(5)13-11-12-25(3)19-35(46)33-20-28(6)31-22-39(52-29(7)44)42(9,50)38-16-17-41(8,49)37(53-38)15-14-26(4)18-32(31)43(33,23-36(30)47)40(48)51-10/h18,24-25,27,30,32-33,37-39,49-50H,11-17,19-23H2,1-10H3/b26-18-/t25-,27+,30-,32+,33+,37-,38+,39-,41+,42+,43-/m0/s1. The largest absolute Gasteiger partial charge is 0.469 e. The van der Waals surface area contributed by atoms with Crippen LogP contribution in [0.25, 0.3) is 0 Å². The summed E-state index contributed by atoms with van der Waals surface area (Å²) in [5.74, 6) is -4.42. The fourth-order valence-corrected chi connectivity index (χ4v) is 9.72. The Kier molecular flexibility index (Phi) is 13.8. The van der Waals surface area contributed by atoms with Crippen molar-refractivity contribution in [3.63, 3.8) is 0 Å². The van der Waals surface area contributed by atoms with Gasteiger partial charge in [-0.3, -0.25) is 24.0 Å². The molecular formula is C43H66O10. The quantitative estimate of drug-likeness (QED) is 0.233.